The van der Waals surface area contributed by atoms with E-state index in [4.69, 9.17) is 0 Å². The maximum Gasteiger partial charge on any atom is 0.422 e. The minimum absolute atomic E-state index is 0.0836. The van der Waals surface area contributed by atoms with Crippen molar-refractivity contribution in [1.82, 2.24) is 14.9 Å². The van der Waals surface area contributed by atoms with E-state index in [0.29, 0.717) is 5.69 Å². The van der Waals surface area contributed by atoms with Crippen LogP contribution in [0.5, 0.6) is 0 Å². The lowest BCUT2D eigenvalue weighted by Crippen LogP contribution is -2.35. The number of aromatic nitrogens is 2. The molecule has 0 saturated heterocycles. The van der Waals surface area contributed by atoms with E-state index in [2.05, 4.69) is 19.7 Å². The van der Waals surface area contributed by atoms with E-state index in [-0.39, 0.29) is 6.61 Å². The van der Waals surface area contributed by atoms with Crippen LogP contribution in [-0.2, 0) is 14.9 Å². The van der Waals surface area contributed by atoms with Gasteiger partial charge >= 0.3 is 16.3 Å². The van der Waals surface area contributed by atoms with Crippen molar-refractivity contribution in [3.05, 3.63) is 36.5 Å². The topological polar surface area (TPSA) is 113 Å². The monoisotopic (exact) mass is 310 g/mol. The maximum atomic E-state index is 11.7. The Hall–Kier alpha value is -2.55. The van der Waals surface area contributed by atoms with E-state index in [1.807, 2.05) is 0 Å². The van der Waals surface area contributed by atoms with E-state index in [9.17, 15) is 13.2 Å². The van der Waals surface area contributed by atoms with Gasteiger partial charge in [-0.25, -0.2) is 9.52 Å². The molecule has 1 aromatic heterocycles. The molecule has 2 rings (SSSR count). The highest BCUT2D eigenvalue weighted by Gasteiger charge is 2.14. The molecule has 0 radical (unpaired) electrons. The van der Waals surface area contributed by atoms with E-state index in [0.717, 1.165) is 11.3 Å². The lowest BCUT2D eigenvalue weighted by molar-refractivity contribution is 0.159. The molecule has 0 unspecified atom stereocenters. The van der Waals surface area contributed by atoms with Gasteiger partial charge in [-0.05, 0) is 30.7 Å². The van der Waals surface area contributed by atoms with Crippen LogP contribution >= 0.6 is 0 Å². The van der Waals surface area contributed by atoms with Crippen LogP contribution in [0.25, 0.3) is 11.3 Å². The van der Waals surface area contributed by atoms with Gasteiger partial charge in [-0.2, -0.15) is 13.5 Å². The number of aromatic amines is 1. The van der Waals surface area contributed by atoms with Gasteiger partial charge in [-0.15, -0.1) is 0 Å². The van der Waals surface area contributed by atoms with Crippen LogP contribution in [0.2, 0.25) is 0 Å². The Balaban J connectivity index is 2.04. The second kappa shape index (κ2) is 6.27. The minimum atomic E-state index is -4.02. The molecule has 0 bridgehead atoms. The van der Waals surface area contributed by atoms with E-state index >= 15 is 0 Å². The van der Waals surface area contributed by atoms with Gasteiger partial charge in [-0.3, -0.25) is 9.82 Å². The summed E-state index contributed by atoms with van der Waals surface area (Å²) in [6.45, 7) is 1.66. The lowest BCUT2D eigenvalue weighted by Gasteiger charge is -2.09. The summed E-state index contributed by atoms with van der Waals surface area (Å²) in [4.78, 5) is 11.1. The van der Waals surface area contributed by atoms with Crippen LogP contribution in [-0.4, -0.2) is 31.3 Å². The molecule has 0 saturated carbocycles. The number of rotatable bonds is 5. The maximum absolute atomic E-state index is 11.7. The van der Waals surface area contributed by atoms with Gasteiger partial charge < -0.3 is 4.74 Å². The standard InChI is InChI=1S/C12H14N4O4S/c1-2-20-12(17)16-21(18,19)15-10-5-3-9(4-6-10)11-7-8-13-14-11/h3-8,15H,2H2,1H3,(H,13,14)(H,16,17). The van der Waals surface area contributed by atoms with Crippen molar-refractivity contribution in [2.24, 2.45) is 0 Å². The molecule has 1 amide bonds. The number of nitrogens with one attached hydrogen (secondary N) is 3. The summed E-state index contributed by atoms with van der Waals surface area (Å²) >= 11 is 0. The number of anilines is 1. The summed E-state index contributed by atoms with van der Waals surface area (Å²) in [7, 11) is -4.02. The Kier molecular flexibility index (Phi) is 4.43. The van der Waals surface area contributed by atoms with Crippen LogP contribution in [0.15, 0.2) is 36.5 Å². The van der Waals surface area contributed by atoms with Crippen molar-refractivity contribution in [2.45, 2.75) is 6.92 Å². The molecule has 0 fully saturated rings. The number of amides is 1. The fraction of sp³-hybridized carbons (Fsp3) is 0.167. The van der Waals surface area contributed by atoms with Gasteiger partial charge in [0, 0.05) is 6.20 Å². The zero-order valence-electron chi connectivity index (χ0n) is 11.2. The predicted molar refractivity (Wildman–Crippen MR) is 76.7 cm³/mol. The van der Waals surface area contributed by atoms with E-state index in [1.54, 1.807) is 48.2 Å². The molecule has 0 spiro atoms. The smallest absolute Gasteiger partial charge is 0.422 e. The first-order valence-electron chi connectivity index (χ1n) is 6.07. The summed E-state index contributed by atoms with van der Waals surface area (Å²) in [5.41, 5.74) is 1.98. The third-order valence-electron chi connectivity index (χ3n) is 2.44. The zero-order valence-corrected chi connectivity index (χ0v) is 12.0. The molecule has 0 aliphatic heterocycles. The fourth-order valence-corrected chi connectivity index (χ4v) is 2.36. The zero-order chi connectivity index (χ0) is 15.3. The third-order valence-corrected chi connectivity index (χ3v) is 3.38. The minimum Gasteiger partial charge on any atom is -0.449 e. The third kappa shape index (κ3) is 4.21. The fourth-order valence-electron chi connectivity index (χ4n) is 1.59. The number of ether oxygens (including phenoxy) is 1. The summed E-state index contributed by atoms with van der Waals surface area (Å²) in [5, 5.41) is 6.63. The van der Waals surface area contributed by atoms with Gasteiger partial charge in [0.15, 0.2) is 0 Å². The normalized spacial score (nSPS) is 10.9. The average molecular weight is 310 g/mol. The van der Waals surface area contributed by atoms with Gasteiger partial charge in [0.2, 0.25) is 0 Å². The van der Waals surface area contributed by atoms with Gasteiger partial charge in [0.1, 0.15) is 0 Å². The van der Waals surface area contributed by atoms with E-state index in [1.165, 1.54) is 0 Å². The summed E-state index contributed by atoms with van der Waals surface area (Å²) in [6, 6.07) is 8.37. The number of H-pyrrole nitrogens is 1. The Bertz CT molecular complexity index is 695. The van der Waals surface area contributed by atoms with Crippen molar-refractivity contribution in [3.63, 3.8) is 0 Å². The molecule has 1 aromatic carbocycles. The van der Waals surface area contributed by atoms with Crippen molar-refractivity contribution in [3.8, 4) is 11.3 Å². The molecule has 3 N–H and O–H groups in total. The molecule has 2 aromatic rings. The van der Waals surface area contributed by atoms with Gasteiger partial charge in [0.25, 0.3) is 0 Å². The van der Waals surface area contributed by atoms with Crippen molar-refractivity contribution >= 4 is 22.0 Å². The van der Waals surface area contributed by atoms with Crippen LogP contribution in [0.4, 0.5) is 10.5 Å². The number of benzene rings is 1. The molecule has 0 aliphatic carbocycles. The van der Waals surface area contributed by atoms with Crippen molar-refractivity contribution in [2.75, 3.05) is 11.3 Å². The predicted octanol–water partition coefficient (Wildman–Crippen LogP) is 1.48. The molecule has 112 valence electrons. The van der Waals surface area contributed by atoms with Crippen molar-refractivity contribution in [1.29, 1.82) is 0 Å². The average Bonchev–Trinajstić information content (AvgIpc) is 2.92. The number of nitrogens with zero attached hydrogens (tertiary/aromatic N) is 1. The second-order valence-corrected chi connectivity index (χ2v) is 5.39. The highest BCUT2D eigenvalue weighted by atomic mass is 32.2. The number of hydrogen-bond acceptors (Lipinski definition) is 5. The first-order valence-corrected chi connectivity index (χ1v) is 7.55. The van der Waals surface area contributed by atoms with Crippen molar-refractivity contribution < 1.29 is 17.9 Å². The van der Waals surface area contributed by atoms with E-state index < -0.39 is 16.3 Å². The van der Waals surface area contributed by atoms with Gasteiger partial charge in [0.05, 0.1) is 18.0 Å². The Morgan fingerprint density at radius 3 is 2.57 bits per heavy atom. The summed E-state index contributed by atoms with van der Waals surface area (Å²) in [6.07, 6.45) is 0.592. The number of carbonyl (C=O) groups excluding carboxylic acids is 1. The molecule has 21 heavy (non-hydrogen) atoms. The molecular formula is C12H14N4O4S. The first kappa shape index (κ1) is 14.9. The first-order chi connectivity index (χ1) is 10.00. The Labute approximate surface area is 121 Å². The highest BCUT2D eigenvalue weighted by molar-refractivity contribution is 7.91. The van der Waals surface area contributed by atoms with Crippen LogP contribution in [0, 0.1) is 0 Å². The SMILES string of the molecule is CCOC(=O)NS(=O)(=O)Nc1ccc(-c2ccn[nH]2)cc1. The molecule has 0 atom stereocenters. The number of hydrogen-bond donors (Lipinski definition) is 3. The van der Waals surface area contributed by atoms with Gasteiger partial charge in [-0.1, -0.05) is 12.1 Å². The second-order valence-electron chi connectivity index (χ2n) is 3.98. The lowest BCUT2D eigenvalue weighted by atomic mass is 10.1. The molecular weight excluding hydrogens is 296 g/mol. The largest absolute Gasteiger partial charge is 0.449 e. The molecule has 9 heteroatoms. The molecule has 0 aliphatic rings. The summed E-state index contributed by atoms with van der Waals surface area (Å²) < 4.78 is 31.8. The van der Waals surface area contributed by atoms with Crippen LogP contribution in [0.1, 0.15) is 6.92 Å². The Morgan fingerprint density at radius 2 is 2.00 bits per heavy atom. The Morgan fingerprint density at radius 1 is 1.29 bits per heavy atom. The number of carbonyl (C=O) groups is 1. The summed E-state index contributed by atoms with van der Waals surface area (Å²) in [5.74, 6) is 0. The quantitative estimate of drug-likeness (QED) is 0.774. The molecule has 8 nitrogen and oxygen atoms in total. The highest BCUT2D eigenvalue weighted by Crippen LogP contribution is 2.19. The van der Waals surface area contributed by atoms with Crippen LogP contribution in [0.3, 0.4) is 0 Å². The van der Waals surface area contributed by atoms with Crippen LogP contribution < -0.4 is 9.44 Å². The molecule has 1 heterocycles.